The number of piperidine rings is 1. The first kappa shape index (κ1) is 25.3. The number of carbonyl (C=O) groups is 1. The maximum absolute atomic E-state index is 13.3. The van der Waals surface area contributed by atoms with Crippen molar-refractivity contribution in [1.82, 2.24) is 4.90 Å². The number of rotatable bonds is 6. The molecule has 3 fully saturated rings. The van der Waals surface area contributed by atoms with Gasteiger partial charge in [-0.1, -0.05) is 6.07 Å². The smallest absolute Gasteiger partial charge is 0.379 e. The fraction of sp³-hybridized carbons (Fsp3) is 0.464. The minimum absolute atomic E-state index is 0.0763. The van der Waals surface area contributed by atoms with Crippen LogP contribution in [-0.4, -0.2) is 41.1 Å². The average Bonchev–Trinajstić information content (AvgIpc) is 3.39. The van der Waals surface area contributed by atoms with Crippen molar-refractivity contribution in [3.63, 3.8) is 0 Å². The molecule has 2 aliphatic carbocycles. The van der Waals surface area contributed by atoms with E-state index in [1.54, 1.807) is 0 Å². The lowest BCUT2D eigenvalue weighted by Gasteiger charge is -2.39. The van der Waals surface area contributed by atoms with Crippen molar-refractivity contribution in [1.29, 1.82) is 10.5 Å². The van der Waals surface area contributed by atoms with Gasteiger partial charge in [0.1, 0.15) is 0 Å². The highest BCUT2D eigenvalue weighted by atomic mass is 19.4. The van der Waals surface area contributed by atoms with E-state index in [4.69, 9.17) is 10.5 Å². The summed E-state index contributed by atoms with van der Waals surface area (Å²) < 4.78 is 39.8. The van der Waals surface area contributed by atoms with Crippen LogP contribution in [0.1, 0.15) is 41.2 Å². The lowest BCUT2D eigenvalue weighted by molar-refractivity contribution is -0.138. The molecule has 1 saturated heterocycles. The monoisotopic (exact) mass is 508 g/mol. The quantitative estimate of drug-likeness (QED) is 0.608. The number of amides is 1. The van der Waals surface area contributed by atoms with E-state index in [0.717, 1.165) is 37.6 Å². The highest BCUT2D eigenvalue weighted by Crippen LogP contribution is 2.78. The molecule has 3 aliphatic rings. The normalized spacial score (nSPS) is 27.6. The van der Waals surface area contributed by atoms with Gasteiger partial charge in [0.15, 0.2) is 5.60 Å². The Bertz CT molecular complexity index is 1360. The molecule has 192 valence electrons. The molecule has 6 nitrogen and oxygen atoms in total. The number of nitrogens with zero attached hydrogens (tertiary/aromatic N) is 3. The first-order chi connectivity index (χ1) is 17.4. The van der Waals surface area contributed by atoms with E-state index < -0.39 is 28.8 Å². The Kier molecular flexibility index (Phi) is 5.86. The summed E-state index contributed by atoms with van der Waals surface area (Å²) in [5.74, 6) is 0.827. The molecule has 2 N–H and O–H groups in total. The Labute approximate surface area is 213 Å². The van der Waals surface area contributed by atoms with Crippen molar-refractivity contribution in [3.05, 3.63) is 64.2 Å². The molecule has 5 atom stereocenters. The molecule has 2 aromatic carbocycles. The van der Waals surface area contributed by atoms with E-state index in [1.165, 1.54) is 24.6 Å². The molecule has 0 radical (unpaired) electrons. The van der Waals surface area contributed by atoms with Crippen LogP contribution in [0.15, 0.2) is 36.4 Å². The second kappa shape index (κ2) is 8.58. The number of anilines is 1. The summed E-state index contributed by atoms with van der Waals surface area (Å²) in [6, 6.07) is 12.4. The molecular formula is C28H27F3N4O2. The van der Waals surface area contributed by atoms with Gasteiger partial charge in [0.05, 0.1) is 28.8 Å². The van der Waals surface area contributed by atoms with Crippen molar-refractivity contribution in [2.75, 3.05) is 25.0 Å². The van der Waals surface area contributed by atoms with Crippen LogP contribution in [0.4, 0.5) is 18.9 Å². The number of halogens is 3. The van der Waals surface area contributed by atoms with Gasteiger partial charge in [-0.15, -0.1) is 0 Å². The third-order valence-electron chi connectivity index (χ3n) is 8.54. The predicted molar refractivity (Wildman–Crippen MR) is 129 cm³/mol. The van der Waals surface area contributed by atoms with Crippen molar-refractivity contribution < 1.29 is 23.1 Å². The summed E-state index contributed by atoms with van der Waals surface area (Å²) in [7, 11) is 0. The standard InChI is InChI=1S/C28H27F3N4O2/c1-16-7-17(11-32)3-4-18(16)9-27-10-20-13-35(14-23(27)24(20)27)15-26(2,37)25(36)34-21-6-5-19(12-33)22(8-21)28(29,30)31/h3-8,20,23-24,37H,9-10,13-15H2,1-2H3,(H,34,36)/t20?,23?,24?,26?,27-/m0/s1. The number of nitriles is 2. The molecule has 1 aliphatic heterocycles. The zero-order valence-electron chi connectivity index (χ0n) is 20.6. The number of benzene rings is 2. The Morgan fingerprint density at radius 2 is 1.95 bits per heavy atom. The number of aliphatic hydroxyl groups is 1. The maximum Gasteiger partial charge on any atom is 0.417 e. The molecule has 2 saturated carbocycles. The summed E-state index contributed by atoms with van der Waals surface area (Å²) in [6.07, 6.45) is -2.69. The number of β-amino-alcohol motifs (C(OH)–C–C–N with tert-alkyl or cyclic N) is 1. The first-order valence-electron chi connectivity index (χ1n) is 12.2. The fourth-order valence-corrected chi connectivity index (χ4v) is 6.81. The topological polar surface area (TPSA) is 100 Å². The minimum Gasteiger partial charge on any atom is -0.379 e. The molecule has 0 aromatic heterocycles. The van der Waals surface area contributed by atoms with Crippen molar-refractivity contribution in [3.8, 4) is 12.1 Å². The van der Waals surface area contributed by atoms with Crippen LogP contribution >= 0.6 is 0 Å². The van der Waals surface area contributed by atoms with Gasteiger partial charge >= 0.3 is 6.18 Å². The van der Waals surface area contributed by atoms with Crippen LogP contribution in [0.3, 0.4) is 0 Å². The fourth-order valence-electron chi connectivity index (χ4n) is 6.81. The van der Waals surface area contributed by atoms with Crippen LogP contribution in [0.5, 0.6) is 0 Å². The molecule has 1 heterocycles. The number of hydrogen-bond donors (Lipinski definition) is 2. The van der Waals surface area contributed by atoms with Gasteiger partial charge in [-0.25, -0.2) is 0 Å². The summed E-state index contributed by atoms with van der Waals surface area (Å²) in [5.41, 5.74) is -0.339. The predicted octanol–water partition coefficient (Wildman–Crippen LogP) is 4.26. The minimum atomic E-state index is -4.74. The van der Waals surface area contributed by atoms with Gasteiger partial charge in [-0.05, 0) is 91.3 Å². The summed E-state index contributed by atoms with van der Waals surface area (Å²) in [5, 5.41) is 31.4. The van der Waals surface area contributed by atoms with Gasteiger partial charge in [-0.2, -0.15) is 23.7 Å². The first-order valence-corrected chi connectivity index (χ1v) is 12.2. The van der Waals surface area contributed by atoms with Gasteiger partial charge in [0.2, 0.25) is 0 Å². The SMILES string of the molecule is Cc1cc(C#N)ccc1C[C@]12CC3CN(CC(C)(O)C(=O)Nc4ccc(C#N)c(C(F)(F)F)c4)CC1C32. The number of likely N-dealkylation sites (tertiary alicyclic amines) is 1. The van der Waals surface area contributed by atoms with E-state index in [1.807, 2.05) is 25.1 Å². The Balaban J connectivity index is 1.22. The maximum atomic E-state index is 13.3. The van der Waals surface area contributed by atoms with Crippen LogP contribution in [0.2, 0.25) is 0 Å². The highest BCUT2D eigenvalue weighted by Gasteiger charge is 2.76. The van der Waals surface area contributed by atoms with Crippen LogP contribution in [0, 0.1) is 52.8 Å². The van der Waals surface area contributed by atoms with Gasteiger partial charge in [0.25, 0.3) is 5.91 Å². The Morgan fingerprint density at radius 3 is 2.59 bits per heavy atom. The zero-order chi connectivity index (χ0) is 26.8. The molecule has 37 heavy (non-hydrogen) atoms. The van der Waals surface area contributed by atoms with E-state index in [2.05, 4.69) is 16.3 Å². The largest absolute Gasteiger partial charge is 0.417 e. The van der Waals surface area contributed by atoms with Gasteiger partial charge in [0, 0.05) is 25.3 Å². The number of aryl methyl sites for hydroxylation is 1. The molecule has 0 spiro atoms. The lowest BCUT2D eigenvalue weighted by atomic mass is 9.71. The third-order valence-corrected chi connectivity index (χ3v) is 8.54. The van der Waals surface area contributed by atoms with Gasteiger partial charge < -0.3 is 10.4 Å². The second-order valence-corrected chi connectivity index (χ2v) is 11.1. The van der Waals surface area contributed by atoms with E-state index in [-0.39, 0.29) is 17.6 Å². The number of fused-ring (bicyclic) bond motifs is 1. The van der Waals surface area contributed by atoms with Crippen LogP contribution in [0.25, 0.3) is 0 Å². The summed E-state index contributed by atoms with van der Waals surface area (Å²) >= 11 is 0. The highest BCUT2D eigenvalue weighted by molar-refractivity contribution is 5.97. The number of carbonyl (C=O) groups excluding carboxylic acids is 1. The number of alkyl halides is 3. The molecule has 0 bridgehead atoms. The lowest BCUT2D eigenvalue weighted by Crippen LogP contribution is -2.52. The zero-order valence-corrected chi connectivity index (χ0v) is 20.6. The van der Waals surface area contributed by atoms with Crippen molar-refractivity contribution in [2.24, 2.45) is 23.2 Å². The van der Waals surface area contributed by atoms with Gasteiger partial charge in [-0.3, -0.25) is 9.69 Å². The second-order valence-electron chi connectivity index (χ2n) is 11.1. The third kappa shape index (κ3) is 4.37. The van der Waals surface area contributed by atoms with E-state index in [9.17, 15) is 23.1 Å². The summed E-state index contributed by atoms with van der Waals surface area (Å²) in [6.45, 7) is 5.01. The summed E-state index contributed by atoms with van der Waals surface area (Å²) in [4.78, 5) is 14.9. The molecule has 9 heteroatoms. The number of hydrogen-bond acceptors (Lipinski definition) is 5. The molecule has 2 aromatic rings. The average molecular weight is 509 g/mol. The van der Waals surface area contributed by atoms with E-state index >= 15 is 0 Å². The Morgan fingerprint density at radius 1 is 1.19 bits per heavy atom. The molecule has 5 rings (SSSR count). The van der Waals surface area contributed by atoms with Crippen molar-refractivity contribution in [2.45, 2.75) is 38.5 Å². The van der Waals surface area contributed by atoms with Crippen LogP contribution in [-0.2, 0) is 17.4 Å². The molecule has 4 unspecified atom stereocenters. The van der Waals surface area contributed by atoms with Crippen molar-refractivity contribution >= 4 is 11.6 Å². The number of nitrogens with one attached hydrogen (secondary N) is 1. The Hall–Kier alpha value is -3.40. The van der Waals surface area contributed by atoms with Crippen LogP contribution < -0.4 is 5.32 Å². The molecular weight excluding hydrogens is 481 g/mol. The van der Waals surface area contributed by atoms with E-state index in [0.29, 0.717) is 29.4 Å². The molecule has 1 amide bonds.